The summed E-state index contributed by atoms with van der Waals surface area (Å²) in [5, 5.41) is 16.6. The van der Waals surface area contributed by atoms with Crippen molar-refractivity contribution >= 4 is 107 Å². The van der Waals surface area contributed by atoms with E-state index in [1.165, 1.54) is 67.1 Å². The second-order valence-electron chi connectivity index (χ2n) is 36.1. The summed E-state index contributed by atoms with van der Waals surface area (Å²) in [5.41, 5.74) is 16.2. The number of nitrogens with zero attached hydrogens (tertiary/aromatic N) is 10. The maximum Gasteiger partial charge on any atom is 0.270 e. The molecule has 20 rings (SSSR count). The van der Waals surface area contributed by atoms with Crippen molar-refractivity contribution in [3.63, 3.8) is 0 Å². The quantitative estimate of drug-likeness (QED) is 0.0653. The highest BCUT2D eigenvalue weighted by Gasteiger charge is 2.44. The lowest BCUT2D eigenvalue weighted by Crippen LogP contribution is -2.47. The van der Waals surface area contributed by atoms with Gasteiger partial charge in [0.15, 0.2) is 39.3 Å². The van der Waals surface area contributed by atoms with Gasteiger partial charge in [-0.3, -0.25) is 38.8 Å². The SMILES string of the molecule is Cc1ccccc1-c1cn(-c2ccc(F)cc2)c2cc(C(=O)N[C@@]3(C)CCS(=O)(=O)C3)cnc12.Cc1ccccc1-c1cn(-c2ccc(F)cc2)c2cc(C(=O)N[C@]3(C)CCS(=O)(=O)C3)cnc12.Cc1ccccc1-c1cn(-c2ccc(F)cc2)c2nc(C(=O)N[C@@]3(C)CCS(=O)(=O)C3)ccc12.Cn1nccc1-c1cn(-c2ccc(F)cc2)c2cc(C(=O)N[C@@]3(C)CCS(=O)(=O)C3)cnc12. The Morgan fingerprint density at radius 2 is 0.644 bits per heavy atom. The molecule has 4 fully saturated rings. The molecule has 4 N–H and O–H groups in total. The van der Waals surface area contributed by atoms with Crippen LogP contribution in [0.25, 0.3) is 112 Å². The van der Waals surface area contributed by atoms with E-state index in [9.17, 15) is 70.4 Å². The molecule has 7 aromatic carbocycles. The van der Waals surface area contributed by atoms with Gasteiger partial charge in [0, 0.05) is 107 Å². The van der Waals surface area contributed by atoms with Crippen molar-refractivity contribution in [2.75, 3.05) is 46.0 Å². The first-order valence-electron chi connectivity index (χ1n) is 43.4. The Bertz CT molecular complexity index is 7370. The molecular formula is C101H94F4N14O12S4. The van der Waals surface area contributed by atoms with Crippen molar-refractivity contribution in [3.8, 4) is 67.4 Å². The number of halogens is 4. The zero-order valence-corrected chi connectivity index (χ0v) is 78.0. The number of hydrogen-bond acceptors (Lipinski definition) is 17. The summed E-state index contributed by atoms with van der Waals surface area (Å²) < 4.78 is 159. The molecule has 0 radical (unpaired) electrons. The van der Waals surface area contributed by atoms with E-state index in [2.05, 4.69) is 46.3 Å². The molecule has 0 unspecified atom stereocenters. The Hall–Kier alpha value is -14.1. The van der Waals surface area contributed by atoms with E-state index in [0.717, 1.165) is 78.1 Å². The maximum atomic E-state index is 13.6. The number of amides is 4. The number of carbonyl (C=O) groups excluding carboxylic acids is 4. The molecule has 9 aromatic heterocycles. The van der Waals surface area contributed by atoms with Crippen LogP contribution in [-0.4, -0.2) is 173 Å². The summed E-state index contributed by atoms with van der Waals surface area (Å²) in [6, 6.07) is 58.9. The molecule has 26 nitrogen and oxygen atoms in total. The largest absolute Gasteiger partial charge is 0.346 e. The first-order chi connectivity index (χ1) is 64.1. The molecule has 4 aliphatic rings. The minimum atomic E-state index is -3.16. The molecule has 4 aliphatic heterocycles. The van der Waals surface area contributed by atoms with Crippen molar-refractivity contribution < 1.29 is 70.4 Å². The zero-order chi connectivity index (χ0) is 95.6. The van der Waals surface area contributed by atoms with Crippen LogP contribution >= 0.6 is 0 Å². The molecule has 13 heterocycles. The van der Waals surface area contributed by atoms with E-state index >= 15 is 0 Å². The summed E-state index contributed by atoms with van der Waals surface area (Å²) >= 11 is 0. The molecular weight excluding hydrogens is 1810 g/mol. The Balaban J connectivity index is 0.000000125. The van der Waals surface area contributed by atoms with Crippen LogP contribution in [-0.2, 0) is 46.4 Å². The van der Waals surface area contributed by atoms with E-state index in [-0.39, 0.29) is 86.8 Å². The molecule has 4 atom stereocenters. The van der Waals surface area contributed by atoms with Gasteiger partial charge in [-0.1, -0.05) is 72.8 Å². The lowest BCUT2D eigenvalue weighted by atomic mass is 10.0. The van der Waals surface area contributed by atoms with Gasteiger partial charge in [-0.15, -0.1) is 0 Å². The number of rotatable bonds is 16. The number of hydrogen-bond donors (Lipinski definition) is 4. The fourth-order valence-corrected chi connectivity index (χ4v) is 26.4. The maximum absolute atomic E-state index is 13.6. The van der Waals surface area contributed by atoms with Crippen LogP contribution in [0.2, 0.25) is 0 Å². The number of aryl methyl sites for hydroxylation is 4. The highest BCUT2D eigenvalue weighted by molar-refractivity contribution is 7.92. The minimum absolute atomic E-state index is 0.0581. The fourth-order valence-electron chi connectivity index (χ4n) is 18.0. The van der Waals surface area contributed by atoms with Gasteiger partial charge in [-0.25, -0.2) is 56.2 Å². The molecule has 0 bridgehead atoms. The average molecular weight is 1900 g/mol. The highest BCUT2D eigenvalue weighted by Crippen LogP contribution is 2.40. The lowest BCUT2D eigenvalue weighted by Gasteiger charge is -2.23. The van der Waals surface area contributed by atoms with Crippen molar-refractivity contribution in [2.45, 2.75) is 96.3 Å². The molecule has 135 heavy (non-hydrogen) atoms. The van der Waals surface area contributed by atoms with Crippen molar-refractivity contribution in [1.82, 2.24) is 69.3 Å². The topological polar surface area (TPSA) is 342 Å². The van der Waals surface area contributed by atoms with Crippen molar-refractivity contribution in [1.29, 1.82) is 0 Å². The first-order valence-corrected chi connectivity index (χ1v) is 50.7. The summed E-state index contributed by atoms with van der Waals surface area (Å²) in [6.45, 7) is 13.1. The number of aromatic nitrogens is 10. The smallest absolute Gasteiger partial charge is 0.270 e. The lowest BCUT2D eigenvalue weighted by molar-refractivity contribution is 0.0902. The second kappa shape index (κ2) is 36.0. The number of pyridine rings is 4. The van der Waals surface area contributed by atoms with Gasteiger partial charge in [-0.05, 0) is 241 Å². The van der Waals surface area contributed by atoms with E-state index in [1.54, 1.807) is 111 Å². The van der Waals surface area contributed by atoms with Gasteiger partial charge in [0.1, 0.15) is 34.6 Å². The van der Waals surface area contributed by atoms with Gasteiger partial charge in [0.05, 0.1) is 124 Å². The monoisotopic (exact) mass is 1900 g/mol. The van der Waals surface area contributed by atoms with Crippen LogP contribution in [0.15, 0.2) is 256 Å². The summed E-state index contributed by atoms with van der Waals surface area (Å²) in [5.74, 6) is -3.01. The van der Waals surface area contributed by atoms with Crippen LogP contribution in [0.3, 0.4) is 0 Å². The van der Waals surface area contributed by atoms with Gasteiger partial charge in [-0.2, -0.15) is 5.10 Å². The van der Waals surface area contributed by atoms with Crippen LogP contribution in [0.5, 0.6) is 0 Å². The summed E-state index contributed by atoms with van der Waals surface area (Å²) in [6.07, 6.45) is 15.4. The Kier molecular flexibility index (Phi) is 24.8. The molecule has 0 spiro atoms. The zero-order valence-electron chi connectivity index (χ0n) is 74.7. The van der Waals surface area contributed by atoms with Gasteiger partial charge in [0.25, 0.3) is 23.6 Å². The number of nitrogens with one attached hydrogen (secondary N) is 4. The number of fused-ring (bicyclic) bond motifs is 4. The first kappa shape index (κ1) is 92.7. The van der Waals surface area contributed by atoms with Crippen LogP contribution < -0.4 is 21.3 Å². The molecule has 4 amide bonds. The van der Waals surface area contributed by atoms with Gasteiger partial charge < -0.3 is 39.5 Å². The minimum Gasteiger partial charge on any atom is -0.346 e. The van der Waals surface area contributed by atoms with E-state index in [0.29, 0.717) is 92.5 Å². The number of carbonyl (C=O) groups is 4. The molecule has 4 saturated heterocycles. The molecule has 0 aliphatic carbocycles. The molecule has 692 valence electrons. The standard InChI is InChI=1S/3C26H24FN3O3S.C23H22FN5O3S/c2*1-17-5-3-4-6-21(17)22-15-30(20-9-7-19(27)8-10-20)23-13-18(14-28-24(22)23)25(31)29-26(2)11-12-34(32,33)16-26;1-17-5-3-4-6-20(17)22-15-30(19-9-7-18(27)8-10-19)24-21(22)11-12-23(28-24)25(31)29-26(2)13-14-34(32,33)16-26;1-23(8-10-33(31,32)14-23)27-22(30)15-11-20-21(25-12-15)18(19-7-9-26-28(19)2)13-29(20)17-5-3-16(24)4-6-17/h2*3-10,13-15H,11-12,16H2,1-2H3,(H,29,31);3-12,15H,13-14,16H2,1-2H3,(H,29,31);3-7,9,11-13H,8,10,14H2,1-2H3,(H,27,30)/t3*26-;23-/m1000/s1. The number of sulfone groups is 4. The van der Waals surface area contributed by atoms with Crippen molar-refractivity contribution in [2.24, 2.45) is 7.05 Å². The van der Waals surface area contributed by atoms with E-state index in [4.69, 9.17) is 0 Å². The van der Waals surface area contributed by atoms with Crippen LogP contribution in [0, 0.1) is 44.0 Å². The molecule has 0 saturated carbocycles. The predicted molar refractivity (Wildman–Crippen MR) is 513 cm³/mol. The third-order valence-corrected chi connectivity index (χ3v) is 32.7. The van der Waals surface area contributed by atoms with Crippen LogP contribution in [0.1, 0.15) is 112 Å². The third kappa shape index (κ3) is 20.0. The normalized spacial score (nSPS) is 19.5. The fraction of sp³-hybridized carbons (Fsp3) is 0.238. The Morgan fingerprint density at radius 3 is 0.956 bits per heavy atom. The highest BCUT2D eigenvalue weighted by atomic mass is 32.2. The van der Waals surface area contributed by atoms with Gasteiger partial charge in [0.2, 0.25) is 0 Å². The Labute approximate surface area is 776 Å². The Morgan fingerprint density at radius 1 is 0.348 bits per heavy atom. The third-order valence-electron chi connectivity index (χ3n) is 25.1. The summed E-state index contributed by atoms with van der Waals surface area (Å²) in [4.78, 5) is 70.8. The predicted octanol–water partition coefficient (Wildman–Crippen LogP) is 16.2. The average Bonchev–Trinajstić information content (AvgIpc) is 1.61. The van der Waals surface area contributed by atoms with Gasteiger partial charge >= 0.3 is 0 Å². The molecule has 16 aromatic rings. The van der Waals surface area contributed by atoms with E-state index < -0.39 is 73.3 Å². The second-order valence-corrected chi connectivity index (χ2v) is 44.8. The molecule has 34 heteroatoms. The van der Waals surface area contributed by atoms with Crippen LogP contribution in [0.4, 0.5) is 17.6 Å². The number of benzene rings is 7. The summed E-state index contributed by atoms with van der Waals surface area (Å²) in [7, 11) is -10.8. The van der Waals surface area contributed by atoms with Crippen molar-refractivity contribution in [3.05, 3.63) is 318 Å². The van der Waals surface area contributed by atoms with E-state index in [1.807, 2.05) is 156 Å².